The van der Waals surface area contributed by atoms with Crippen LogP contribution < -0.4 is 5.32 Å². The van der Waals surface area contributed by atoms with E-state index < -0.39 is 0 Å². The van der Waals surface area contributed by atoms with Crippen molar-refractivity contribution in [2.24, 2.45) is 0 Å². The molecular weight excluding hydrogens is 295 g/mol. The summed E-state index contributed by atoms with van der Waals surface area (Å²) in [6.07, 6.45) is 0. The maximum atomic E-state index is 14.0. The van der Waals surface area contributed by atoms with Crippen molar-refractivity contribution in [1.82, 2.24) is 10.3 Å². The molecule has 1 N–H and O–H groups in total. The van der Waals surface area contributed by atoms with Crippen LogP contribution in [0.2, 0.25) is 5.02 Å². The van der Waals surface area contributed by atoms with Crippen LogP contribution in [-0.4, -0.2) is 11.5 Å². The van der Waals surface area contributed by atoms with Crippen LogP contribution in [0.25, 0.3) is 10.6 Å². The number of rotatable bonds is 5. The molecule has 0 aliphatic carbocycles. The fourth-order valence-electron chi connectivity index (χ4n) is 1.99. The lowest BCUT2D eigenvalue weighted by molar-refractivity contribution is 0.631. The number of benzene rings is 1. The zero-order valence-electron chi connectivity index (χ0n) is 11.8. The Bertz CT molecular complexity index is 575. The highest BCUT2D eigenvalue weighted by Gasteiger charge is 2.19. The molecule has 0 saturated carbocycles. The molecule has 2 rings (SSSR count). The van der Waals surface area contributed by atoms with Gasteiger partial charge in [-0.3, -0.25) is 0 Å². The highest BCUT2D eigenvalue weighted by molar-refractivity contribution is 7.15. The van der Waals surface area contributed by atoms with Gasteiger partial charge in [0, 0.05) is 11.4 Å². The monoisotopic (exact) mass is 312 g/mol. The van der Waals surface area contributed by atoms with Gasteiger partial charge in [-0.05, 0) is 24.6 Å². The molecule has 108 valence electrons. The van der Waals surface area contributed by atoms with E-state index in [4.69, 9.17) is 11.6 Å². The zero-order chi connectivity index (χ0) is 14.7. The van der Waals surface area contributed by atoms with Crippen molar-refractivity contribution in [1.29, 1.82) is 0 Å². The topological polar surface area (TPSA) is 24.9 Å². The number of hydrogen-bond donors (Lipinski definition) is 1. The van der Waals surface area contributed by atoms with Crippen LogP contribution in [0, 0.1) is 5.82 Å². The first-order chi connectivity index (χ1) is 9.54. The first-order valence-corrected chi connectivity index (χ1v) is 7.88. The van der Waals surface area contributed by atoms with Crippen molar-refractivity contribution in [3.63, 3.8) is 0 Å². The lowest BCUT2D eigenvalue weighted by Gasteiger charge is -2.04. The maximum absolute atomic E-state index is 14.0. The molecule has 1 heterocycles. The lowest BCUT2D eigenvalue weighted by Crippen LogP contribution is -2.12. The Morgan fingerprint density at radius 3 is 2.75 bits per heavy atom. The van der Waals surface area contributed by atoms with E-state index in [1.165, 1.54) is 17.4 Å². The molecule has 2 nitrogen and oxygen atoms in total. The molecule has 1 aromatic heterocycles. The average Bonchev–Trinajstić information content (AvgIpc) is 2.80. The average molecular weight is 313 g/mol. The molecule has 0 aliphatic rings. The highest BCUT2D eigenvalue weighted by atomic mass is 35.5. The van der Waals surface area contributed by atoms with E-state index in [0.29, 0.717) is 21.5 Å². The van der Waals surface area contributed by atoms with Gasteiger partial charge in [-0.15, -0.1) is 11.3 Å². The quantitative estimate of drug-likeness (QED) is 0.855. The minimum atomic E-state index is -0.323. The minimum absolute atomic E-state index is 0.305. The predicted molar refractivity (Wildman–Crippen MR) is 84.0 cm³/mol. The Kier molecular flexibility index (Phi) is 5.13. The Balaban J connectivity index is 2.47. The molecule has 0 unspecified atom stereocenters. The fraction of sp³-hybridized carbons (Fsp3) is 0.400. The van der Waals surface area contributed by atoms with E-state index in [-0.39, 0.29) is 5.82 Å². The minimum Gasteiger partial charge on any atom is -0.312 e. The SMILES string of the molecule is CCNCc1sc(-c2c(F)cccc2Cl)nc1C(C)C. The largest absolute Gasteiger partial charge is 0.312 e. The molecule has 0 atom stereocenters. The summed E-state index contributed by atoms with van der Waals surface area (Å²) < 4.78 is 14.0. The van der Waals surface area contributed by atoms with Gasteiger partial charge in [-0.2, -0.15) is 0 Å². The second-order valence-corrected chi connectivity index (χ2v) is 6.35. The van der Waals surface area contributed by atoms with Crippen molar-refractivity contribution < 1.29 is 4.39 Å². The first kappa shape index (κ1) is 15.4. The Morgan fingerprint density at radius 2 is 2.15 bits per heavy atom. The number of nitrogens with one attached hydrogen (secondary N) is 1. The van der Waals surface area contributed by atoms with Crippen molar-refractivity contribution >= 4 is 22.9 Å². The van der Waals surface area contributed by atoms with Crippen molar-refractivity contribution in [3.8, 4) is 10.6 Å². The standard InChI is InChI=1S/C15H18ClFN2S/c1-4-18-8-12-14(9(2)3)19-15(20-12)13-10(16)6-5-7-11(13)17/h5-7,9,18H,4,8H2,1-3H3. The van der Waals surface area contributed by atoms with Gasteiger partial charge in [0.2, 0.25) is 0 Å². The summed E-state index contributed by atoms with van der Waals surface area (Å²) in [4.78, 5) is 5.76. The third-order valence-corrected chi connectivity index (χ3v) is 4.39. The molecule has 1 aromatic carbocycles. The number of thiazole rings is 1. The van der Waals surface area contributed by atoms with Gasteiger partial charge in [-0.25, -0.2) is 9.37 Å². The molecular formula is C15H18ClFN2S. The molecule has 0 radical (unpaired) electrons. The molecule has 2 aromatic rings. The molecule has 0 amide bonds. The van der Waals surface area contributed by atoms with Crippen LogP contribution in [0.3, 0.4) is 0 Å². The van der Waals surface area contributed by atoms with Crippen molar-refractivity contribution in [2.75, 3.05) is 6.54 Å². The second-order valence-electron chi connectivity index (χ2n) is 4.86. The number of nitrogens with zero attached hydrogens (tertiary/aromatic N) is 1. The van der Waals surface area contributed by atoms with E-state index >= 15 is 0 Å². The number of halogens is 2. The lowest BCUT2D eigenvalue weighted by atomic mass is 10.1. The molecule has 0 saturated heterocycles. The molecule has 5 heteroatoms. The van der Waals surface area contributed by atoms with Crippen molar-refractivity contribution in [3.05, 3.63) is 39.6 Å². The van der Waals surface area contributed by atoms with Crippen LogP contribution in [0.1, 0.15) is 37.3 Å². The van der Waals surface area contributed by atoms with Gasteiger partial charge >= 0.3 is 0 Å². The van der Waals surface area contributed by atoms with Gasteiger partial charge in [-0.1, -0.05) is 38.4 Å². The Morgan fingerprint density at radius 1 is 1.40 bits per heavy atom. The van der Waals surface area contributed by atoms with Gasteiger partial charge in [0.1, 0.15) is 10.8 Å². The van der Waals surface area contributed by atoms with Gasteiger partial charge in [0.15, 0.2) is 0 Å². The van der Waals surface area contributed by atoms with E-state index in [2.05, 4.69) is 31.1 Å². The normalized spacial score (nSPS) is 11.3. The number of aromatic nitrogens is 1. The summed E-state index contributed by atoms with van der Waals surface area (Å²) in [5.41, 5.74) is 1.43. The maximum Gasteiger partial charge on any atom is 0.134 e. The van der Waals surface area contributed by atoms with Gasteiger partial charge in [0.05, 0.1) is 16.3 Å². The fourth-order valence-corrected chi connectivity index (χ4v) is 3.54. The van der Waals surface area contributed by atoms with Crippen LogP contribution in [0.4, 0.5) is 4.39 Å². The van der Waals surface area contributed by atoms with Gasteiger partial charge in [0.25, 0.3) is 0 Å². The molecule has 0 spiro atoms. The predicted octanol–water partition coefficient (Wildman–Crippen LogP) is 4.84. The zero-order valence-corrected chi connectivity index (χ0v) is 13.4. The summed E-state index contributed by atoms with van der Waals surface area (Å²) in [6, 6.07) is 4.72. The highest BCUT2D eigenvalue weighted by Crippen LogP contribution is 2.36. The molecule has 0 bridgehead atoms. The summed E-state index contributed by atoms with van der Waals surface area (Å²) in [5.74, 6) is -0.0178. The summed E-state index contributed by atoms with van der Waals surface area (Å²) in [5, 5.41) is 4.36. The van der Waals surface area contributed by atoms with Gasteiger partial charge < -0.3 is 5.32 Å². The van der Waals surface area contributed by atoms with E-state index in [1.54, 1.807) is 12.1 Å². The van der Waals surface area contributed by atoms with Crippen LogP contribution in [-0.2, 0) is 6.54 Å². The molecule has 0 fully saturated rings. The van der Waals surface area contributed by atoms with Crippen molar-refractivity contribution in [2.45, 2.75) is 33.2 Å². The third-order valence-electron chi connectivity index (χ3n) is 2.99. The second kappa shape index (κ2) is 6.66. The van der Waals surface area contributed by atoms with Crippen LogP contribution in [0.15, 0.2) is 18.2 Å². The third kappa shape index (κ3) is 3.19. The Labute approximate surface area is 128 Å². The smallest absolute Gasteiger partial charge is 0.134 e. The van der Waals surface area contributed by atoms with E-state index in [0.717, 1.165) is 23.7 Å². The Hall–Kier alpha value is -0.970. The summed E-state index contributed by atoms with van der Waals surface area (Å²) in [7, 11) is 0. The van der Waals surface area contributed by atoms with Crippen LogP contribution in [0.5, 0.6) is 0 Å². The van der Waals surface area contributed by atoms with E-state index in [9.17, 15) is 4.39 Å². The van der Waals surface area contributed by atoms with E-state index in [1.807, 2.05) is 0 Å². The molecule has 0 aliphatic heterocycles. The summed E-state index contributed by atoms with van der Waals surface area (Å²) in [6.45, 7) is 7.90. The van der Waals surface area contributed by atoms with Crippen LogP contribution >= 0.6 is 22.9 Å². The number of hydrogen-bond acceptors (Lipinski definition) is 3. The first-order valence-electron chi connectivity index (χ1n) is 6.69. The summed E-state index contributed by atoms with van der Waals surface area (Å²) >= 11 is 7.63. The molecule has 20 heavy (non-hydrogen) atoms.